The topological polar surface area (TPSA) is 63.6 Å². The van der Waals surface area contributed by atoms with Crippen LogP contribution in [0.3, 0.4) is 0 Å². The van der Waals surface area contributed by atoms with Crippen molar-refractivity contribution in [2.24, 2.45) is 5.92 Å². The first-order chi connectivity index (χ1) is 18.7. The number of thioether (sulfide) groups is 1. The highest BCUT2D eigenvalue weighted by atomic mass is 32.2. The molecule has 0 aliphatic heterocycles. The summed E-state index contributed by atoms with van der Waals surface area (Å²) in [5, 5.41) is 10.5. The molecule has 1 rings (SSSR count). The summed E-state index contributed by atoms with van der Waals surface area (Å²) in [5.74, 6) is 0.871. The zero-order valence-electron chi connectivity index (χ0n) is 24.4. The van der Waals surface area contributed by atoms with Gasteiger partial charge in [0.25, 0.3) is 0 Å². The molecule has 39 heavy (non-hydrogen) atoms. The van der Waals surface area contributed by atoms with Crippen molar-refractivity contribution in [3.05, 3.63) is 0 Å². The highest BCUT2D eigenvalue weighted by molar-refractivity contribution is 8.00. The molecule has 3 atom stereocenters. The minimum Gasteiger partial charge on any atom is -0.466 e. The van der Waals surface area contributed by atoms with E-state index >= 15 is 0 Å². The summed E-state index contributed by atoms with van der Waals surface area (Å²) in [5.41, 5.74) is 0. The van der Waals surface area contributed by atoms with E-state index in [4.69, 9.17) is 4.74 Å². The van der Waals surface area contributed by atoms with Gasteiger partial charge in [0.2, 0.25) is 0 Å². The van der Waals surface area contributed by atoms with Crippen LogP contribution < -0.4 is 0 Å². The normalized spacial score (nSPS) is 18.5. The highest BCUT2D eigenvalue weighted by Gasteiger charge is 2.34. The number of aliphatic hydroxyl groups excluding tert-OH is 1. The first-order valence-electron chi connectivity index (χ1n) is 15.8. The van der Waals surface area contributed by atoms with Gasteiger partial charge >= 0.3 is 12.1 Å². The first-order valence-corrected chi connectivity index (χ1v) is 16.8. The Morgan fingerprint density at radius 2 is 1.54 bits per heavy atom. The molecule has 230 valence electrons. The van der Waals surface area contributed by atoms with E-state index in [1.807, 2.05) is 0 Å². The summed E-state index contributed by atoms with van der Waals surface area (Å²) in [7, 11) is 0. The quantitative estimate of drug-likeness (QED) is 0.0861. The average Bonchev–Trinajstić information content (AvgIpc) is 3.24. The molecule has 1 aliphatic carbocycles. The van der Waals surface area contributed by atoms with Gasteiger partial charge in [-0.3, -0.25) is 9.59 Å². The van der Waals surface area contributed by atoms with Crippen molar-refractivity contribution < 1.29 is 32.6 Å². The van der Waals surface area contributed by atoms with Gasteiger partial charge in [-0.1, -0.05) is 90.4 Å². The van der Waals surface area contributed by atoms with Gasteiger partial charge in [-0.15, -0.1) is 0 Å². The Morgan fingerprint density at radius 1 is 0.923 bits per heavy atom. The van der Waals surface area contributed by atoms with Gasteiger partial charge in [0, 0.05) is 36.2 Å². The molecule has 0 saturated heterocycles. The van der Waals surface area contributed by atoms with Crippen molar-refractivity contribution in [2.45, 2.75) is 166 Å². The molecule has 0 spiro atoms. The molecule has 1 N–H and O–H groups in total. The fourth-order valence-electron chi connectivity index (χ4n) is 5.28. The fourth-order valence-corrected chi connectivity index (χ4v) is 6.72. The summed E-state index contributed by atoms with van der Waals surface area (Å²) in [6.45, 7) is 2.76. The third-order valence-electron chi connectivity index (χ3n) is 7.69. The van der Waals surface area contributed by atoms with Crippen molar-refractivity contribution in [1.29, 1.82) is 0 Å². The number of carbonyl (C=O) groups is 2. The van der Waals surface area contributed by atoms with Crippen LogP contribution in [0.15, 0.2) is 0 Å². The second-order valence-electron chi connectivity index (χ2n) is 11.4. The van der Waals surface area contributed by atoms with E-state index in [1.54, 1.807) is 11.8 Å². The molecule has 0 aromatic rings. The van der Waals surface area contributed by atoms with Crippen LogP contribution in [-0.2, 0) is 14.3 Å². The number of ketones is 1. The largest absolute Gasteiger partial charge is 0.466 e. The number of rotatable bonds is 25. The molecule has 0 radical (unpaired) electrons. The zero-order chi connectivity index (χ0) is 28.8. The molecule has 0 bridgehead atoms. The molecule has 1 aliphatic rings. The Kier molecular flexibility index (Phi) is 21.3. The maximum absolute atomic E-state index is 12.4. The number of hydrogen-bond donors (Lipinski definition) is 1. The lowest BCUT2D eigenvalue weighted by molar-refractivity contribution is -0.144. The van der Waals surface area contributed by atoms with E-state index in [2.05, 4.69) is 6.92 Å². The van der Waals surface area contributed by atoms with Gasteiger partial charge in [0.1, 0.15) is 5.78 Å². The van der Waals surface area contributed by atoms with Gasteiger partial charge < -0.3 is 9.84 Å². The molecule has 0 aromatic heterocycles. The van der Waals surface area contributed by atoms with Gasteiger partial charge in [0.15, 0.2) is 0 Å². The highest BCUT2D eigenvalue weighted by Crippen LogP contribution is 2.36. The van der Waals surface area contributed by atoms with E-state index in [0.29, 0.717) is 50.2 Å². The summed E-state index contributed by atoms with van der Waals surface area (Å²) >= 11 is 1.68. The average molecular weight is 581 g/mol. The van der Waals surface area contributed by atoms with Crippen molar-refractivity contribution in [1.82, 2.24) is 0 Å². The summed E-state index contributed by atoms with van der Waals surface area (Å²) in [6, 6.07) is 0. The van der Waals surface area contributed by atoms with Crippen LogP contribution in [-0.4, -0.2) is 46.7 Å². The lowest BCUT2D eigenvalue weighted by atomic mass is 9.98. The monoisotopic (exact) mass is 580 g/mol. The molecule has 0 heterocycles. The van der Waals surface area contributed by atoms with Crippen molar-refractivity contribution in [2.75, 3.05) is 12.4 Å². The SMILES string of the molecule is CCCCCCCCCCOC(=O)CCCCCCC1C(=O)CCC1SCC(O)CCCCCCC(F)(F)F. The summed E-state index contributed by atoms with van der Waals surface area (Å²) in [4.78, 5) is 24.3. The Morgan fingerprint density at radius 3 is 2.26 bits per heavy atom. The number of carbonyl (C=O) groups excluding carboxylic acids is 2. The smallest absolute Gasteiger partial charge is 0.389 e. The number of aliphatic hydroxyl groups is 1. The molecule has 0 aromatic carbocycles. The van der Waals surface area contributed by atoms with Crippen molar-refractivity contribution in [3.63, 3.8) is 0 Å². The van der Waals surface area contributed by atoms with Crippen LogP contribution in [0.25, 0.3) is 0 Å². The Bertz CT molecular complexity index is 629. The standard InChI is InChI=1S/C31H55F3O4S/c1-2-3-4-5-6-7-12-17-24-38-30(37)20-15-9-8-14-19-27-28(36)21-22-29(27)39-25-26(35)18-13-10-11-16-23-31(32,33)34/h26-27,29,35H,2-25H2,1H3. The minimum atomic E-state index is -4.08. The molecular weight excluding hydrogens is 525 g/mol. The van der Waals surface area contributed by atoms with Crippen molar-refractivity contribution in [3.8, 4) is 0 Å². The number of Topliss-reactive ketones (excluding diaryl/α,β-unsaturated/α-hetero) is 1. The number of halogens is 3. The van der Waals surface area contributed by atoms with Gasteiger partial charge in [-0.05, 0) is 38.5 Å². The summed E-state index contributed by atoms with van der Waals surface area (Å²) in [6.07, 6.45) is 13.9. The lowest BCUT2D eigenvalue weighted by Crippen LogP contribution is -2.20. The Balaban J connectivity index is 2.02. The molecule has 1 fully saturated rings. The number of unbranched alkanes of at least 4 members (excludes halogenated alkanes) is 13. The van der Waals surface area contributed by atoms with Gasteiger partial charge in [-0.2, -0.15) is 24.9 Å². The summed E-state index contributed by atoms with van der Waals surface area (Å²) < 4.78 is 41.9. The number of esters is 1. The van der Waals surface area contributed by atoms with Gasteiger partial charge in [0.05, 0.1) is 12.7 Å². The third-order valence-corrected chi connectivity index (χ3v) is 9.26. The molecule has 3 unspecified atom stereocenters. The molecule has 0 amide bonds. The molecule has 1 saturated carbocycles. The van der Waals surface area contributed by atoms with Crippen LogP contribution in [0.2, 0.25) is 0 Å². The van der Waals surface area contributed by atoms with Crippen LogP contribution in [0.5, 0.6) is 0 Å². The number of alkyl halides is 3. The molecular formula is C31H55F3O4S. The second-order valence-corrected chi connectivity index (χ2v) is 12.6. The fraction of sp³-hybridized carbons (Fsp3) is 0.935. The Hall–Kier alpha value is -0.760. The van der Waals surface area contributed by atoms with Gasteiger partial charge in [-0.25, -0.2) is 0 Å². The minimum absolute atomic E-state index is 0.0566. The first kappa shape index (κ1) is 36.3. The second kappa shape index (κ2) is 22.9. The maximum Gasteiger partial charge on any atom is 0.389 e. The lowest BCUT2D eigenvalue weighted by Gasteiger charge is -2.20. The van der Waals surface area contributed by atoms with E-state index < -0.39 is 18.7 Å². The number of ether oxygens (including phenoxy) is 1. The predicted octanol–water partition coefficient (Wildman–Crippen LogP) is 9.36. The van der Waals surface area contributed by atoms with Crippen LogP contribution in [0.4, 0.5) is 13.2 Å². The van der Waals surface area contributed by atoms with E-state index in [1.165, 1.54) is 38.5 Å². The zero-order valence-corrected chi connectivity index (χ0v) is 25.2. The Labute approximate surface area is 240 Å². The molecule has 4 nitrogen and oxygen atoms in total. The van der Waals surface area contributed by atoms with E-state index in [9.17, 15) is 27.9 Å². The van der Waals surface area contributed by atoms with E-state index in [0.717, 1.165) is 57.8 Å². The third kappa shape index (κ3) is 20.7. The number of hydrogen-bond acceptors (Lipinski definition) is 5. The van der Waals surface area contributed by atoms with E-state index in [-0.39, 0.29) is 23.6 Å². The van der Waals surface area contributed by atoms with Crippen LogP contribution in [0.1, 0.15) is 148 Å². The van der Waals surface area contributed by atoms with Crippen LogP contribution in [0, 0.1) is 5.92 Å². The predicted molar refractivity (Wildman–Crippen MR) is 155 cm³/mol. The molecule has 8 heteroatoms. The van der Waals surface area contributed by atoms with Crippen LogP contribution >= 0.6 is 11.8 Å². The maximum atomic E-state index is 12.4. The van der Waals surface area contributed by atoms with Crippen molar-refractivity contribution >= 4 is 23.5 Å².